The van der Waals surface area contributed by atoms with Gasteiger partial charge in [-0.05, 0) is 28.8 Å². The number of carbonyl (C=O) groups excluding carboxylic acids is 1. The lowest BCUT2D eigenvalue weighted by Gasteiger charge is -2.07. The summed E-state index contributed by atoms with van der Waals surface area (Å²) in [6, 6.07) is 23.5. The Bertz CT molecular complexity index is 1050. The number of nitrogen functional groups attached to an aromatic ring is 1. The summed E-state index contributed by atoms with van der Waals surface area (Å²) in [5.74, 6) is 0.562. The maximum atomic E-state index is 12.3. The van der Waals surface area contributed by atoms with E-state index >= 15 is 0 Å². The summed E-state index contributed by atoms with van der Waals surface area (Å²) >= 11 is 0. The largest absolute Gasteiger partial charge is 0.368 e. The number of hydrogen-bond acceptors (Lipinski definition) is 4. The third-order valence-electron chi connectivity index (χ3n) is 4.35. The van der Waals surface area contributed by atoms with Crippen LogP contribution < -0.4 is 5.73 Å². The fourth-order valence-electron chi connectivity index (χ4n) is 3.10. The minimum atomic E-state index is 0.203. The zero-order valence-corrected chi connectivity index (χ0v) is 14.2. The topological polar surface area (TPSA) is 73.3 Å². The van der Waals surface area contributed by atoms with Crippen molar-refractivity contribution in [2.45, 2.75) is 12.8 Å². The number of hydrogen-bond donors (Lipinski definition) is 1. The van der Waals surface area contributed by atoms with Gasteiger partial charge < -0.3 is 5.73 Å². The van der Waals surface area contributed by atoms with E-state index in [1.165, 1.54) is 0 Å². The average Bonchev–Trinajstić information content (AvgIpc) is 3.04. The number of ketones is 1. The van der Waals surface area contributed by atoms with Crippen LogP contribution in [-0.2, 0) is 17.6 Å². The Hall–Kier alpha value is -3.47. The molecule has 2 N–H and O–H groups in total. The van der Waals surface area contributed by atoms with Gasteiger partial charge in [0.25, 0.3) is 0 Å². The summed E-state index contributed by atoms with van der Waals surface area (Å²) in [6.45, 7) is 0. The molecule has 0 aliphatic carbocycles. The Morgan fingerprint density at radius 3 is 2.23 bits per heavy atom. The molecule has 0 saturated carbocycles. The molecule has 0 bridgehead atoms. The summed E-state index contributed by atoms with van der Waals surface area (Å²) in [7, 11) is 0. The highest BCUT2D eigenvalue weighted by molar-refractivity contribution is 5.83. The Balaban J connectivity index is 1.53. The number of fused-ring (bicyclic) bond motifs is 1. The molecule has 5 heteroatoms. The van der Waals surface area contributed by atoms with Crippen LogP contribution in [0.25, 0.3) is 16.9 Å². The van der Waals surface area contributed by atoms with Crippen LogP contribution in [0.2, 0.25) is 0 Å². The summed E-state index contributed by atoms with van der Waals surface area (Å²) in [5.41, 5.74) is 10.6. The number of carbonyl (C=O) groups is 1. The smallest absolute Gasteiger partial charge is 0.226 e. The van der Waals surface area contributed by atoms with Crippen LogP contribution in [-0.4, -0.2) is 20.4 Å². The van der Waals surface area contributed by atoms with Gasteiger partial charge in [0.2, 0.25) is 5.95 Å². The third-order valence-corrected chi connectivity index (χ3v) is 4.35. The summed E-state index contributed by atoms with van der Waals surface area (Å²) < 4.78 is 1.82. The number of rotatable bonds is 5. The van der Waals surface area contributed by atoms with Crippen molar-refractivity contribution in [2.75, 3.05) is 5.73 Å². The van der Waals surface area contributed by atoms with Gasteiger partial charge >= 0.3 is 0 Å². The Morgan fingerprint density at radius 1 is 0.808 bits per heavy atom. The molecule has 4 rings (SSSR count). The molecule has 5 nitrogen and oxygen atoms in total. The fourth-order valence-corrected chi connectivity index (χ4v) is 3.10. The predicted molar refractivity (Wildman–Crippen MR) is 102 cm³/mol. The van der Waals surface area contributed by atoms with E-state index in [9.17, 15) is 4.79 Å². The van der Waals surface area contributed by atoms with Crippen molar-refractivity contribution in [3.63, 3.8) is 0 Å². The standard InChI is InChI=1S/C21H18N4O/c22-21-24-23-20-8-4-7-19(25(20)21)17-11-9-16(10-12-17)14-18(26)13-15-5-2-1-3-6-15/h1-12H,13-14H2,(H2,22,24). The monoisotopic (exact) mass is 342 g/mol. The van der Waals surface area contributed by atoms with Crippen molar-refractivity contribution >= 4 is 17.4 Å². The van der Waals surface area contributed by atoms with E-state index in [2.05, 4.69) is 10.2 Å². The molecular formula is C21H18N4O. The van der Waals surface area contributed by atoms with E-state index < -0.39 is 0 Å². The zero-order valence-electron chi connectivity index (χ0n) is 14.2. The van der Waals surface area contributed by atoms with E-state index in [-0.39, 0.29) is 5.78 Å². The number of anilines is 1. The number of aromatic nitrogens is 3. The molecule has 0 amide bonds. The summed E-state index contributed by atoms with van der Waals surface area (Å²) in [4.78, 5) is 12.3. The number of pyridine rings is 1. The third kappa shape index (κ3) is 3.19. The average molecular weight is 342 g/mol. The molecule has 2 aromatic heterocycles. The fraction of sp³-hybridized carbons (Fsp3) is 0.0952. The minimum Gasteiger partial charge on any atom is -0.368 e. The quantitative estimate of drug-likeness (QED) is 0.604. The lowest BCUT2D eigenvalue weighted by molar-refractivity contribution is -0.117. The van der Waals surface area contributed by atoms with Crippen LogP contribution in [0, 0.1) is 0 Å². The van der Waals surface area contributed by atoms with Gasteiger partial charge in [-0.25, -0.2) is 0 Å². The molecule has 0 saturated heterocycles. The molecule has 0 aliphatic heterocycles. The van der Waals surface area contributed by atoms with E-state index in [0.29, 0.717) is 24.4 Å². The van der Waals surface area contributed by atoms with Crippen LogP contribution in [0.4, 0.5) is 5.95 Å². The van der Waals surface area contributed by atoms with E-state index in [0.717, 1.165) is 22.4 Å². The first-order chi connectivity index (χ1) is 12.7. The highest BCUT2D eigenvalue weighted by atomic mass is 16.1. The molecule has 0 unspecified atom stereocenters. The van der Waals surface area contributed by atoms with Gasteiger partial charge in [0.05, 0.1) is 5.69 Å². The second-order valence-electron chi connectivity index (χ2n) is 6.24. The minimum absolute atomic E-state index is 0.203. The van der Waals surface area contributed by atoms with Crippen molar-refractivity contribution in [3.05, 3.63) is 83.9 Å². The van der Waals surface area contributed by atoms with E-state index in [1.807, 2.05) is 77.2 Å². The Morgan fingerprint density at radius 2 is 1.50 bits per heavy atom. The first kappa shape index (κ1) is 16.0. The van der Waals surface area contributed by atoms with Crippen molar-refractivity contribution in [1.29, 1.82) is 0 Å². The molecule has 0 radical (unpaired) electrons. The second-order valence-corrected chi connectivity index (χ2v) is 6.24. The lowest BCUT2D eigenvalue weighted by atomic mass is 10.0. The van der Waals surface area contributed by atoms with Gasteiger partial charge in [0, 0.05) is 12.8 Å². The SMILES string of the molecule is Nc1nnc2cccc(-c3ccc(CC(=O)Cc4ccccc4)cc3)n12. The van der Waals surface area contributed by atoms with Crippen molar-refractivity contribution < 1.29 is 4.79 Å². The van der Waals surface area contributed by atoms with Crippen molar-refractivity contribution in [2.24, 2.45) is 0 Å². The summed E-state index contributed by atoms with van der Waals surface area (Å²) in [6.07, 6.45) is 0.882. The molecule has 26 heavy (non-hydrogen) atoms. The molecule has 0 aliphatic rings. The van der Waals surface area contributed by atoms with Gasteiger partial charge in [-0.15, -0.1) is 10.2 Å². The van der Waals surface area contributed by atoms with Crippen LogP contribution in [0.15, 0.2) is 72.8 Å². The molecule has 0 spiro atoms. The number of nitrogens with two attached hydrogens (primary N) is 1. The number of Topliss-reactive ketones (excluding diaryl/α,β-unsaturated/α-hetero) is 1. The molecule has 4 aromatic rings. The van der Waals surface area contributed by atoms with E-state index in [4.69, 9.17) is 5.73 Å². The molecular weight excluding hydrogens is 324 g/mol. The first-order valence-corrected chi connectivity index (χ1v) is 8.45. The number of nitrogens with zero attached hydrogens (tertiary/aromatic N) is 3. The summed E-state index contributed by atoms with van der Waals surface area (Å²) in [5, 5.41) is 7.97. The van der Waals surface area contributed by atoms with Gasteiger partial charge in [0.1, 0.15) is 5.78 Å². The van der Waals surface area contributed by atoms with Crippen LogP contribution in [0.3, 0.4) is 0 Å². The maximum absolute atomic E-state index is 12.3. The number of benzene rings is 2. The van der Waals surface area contributed by atoms with Gasteiger partial charge in [0.15, 0.2) is 5.65 Å². The molecule has 128 valence electrons. The van der Waals surface area contributed by atoms with Gasteiger partial charge in [-0.1, -0.05) is 60.7 Å². The molecule has 0 fully saturated rings. The van der Waals surface area contributed by atoms with Crippen molar-refractivity contribution in [3.8, 4) is 11.3 Å². The Kier molecular flexibility index (Phi) is 4.19. The normalized spacial score (nSPS) is 10.9. The van der Waals surface area contributed by atoms with Gasteiger partial charge in [-0.3, -0.25) is 9.20 Å². The highest BCUT2D eigenvalue weighted by Gasteiger charge is 2.09. The maximum Gasteiger partial charge on any atom is 0.226 e. The lowest BCUT2D eigenvalue weighted by Crippen LogP contribution is -2.06. The molecule has 2 aromatic carbocycles. The van der Waals surface area contributed by atoms with Crippen molar-refractivity contribution in [1.82, 2.24) is 14.6 Å². The zero-order chi connectivity index (χ0) is 17.9. The van der Waals surface area contributed by atoms with Crippen LogP contribution in [0.1, 0.15) is 11.1 Å². The van der Waals surface area contributed by atoms with Gasteiger partial charge in [-0.2, -0.15) is 0 Å². The van der Waals surface area contributed by atoms with E-state index in [1.54, 1.807) is 0 Å². The Labute approximate surface area is 151 Å². The second kappa shape index (κ2) is 6.80. The van der Waals surface area contributed by atoms with Crippen LogP contribution in [0.5, 0.6) is 0 Å². The first-order valence-electron chi connectivity index (χ1n) is 8.45. The molecule has 2 heterocycles. The predicted octanol–water partition coefficient (Wildman–Crippen LogP) is 3.33. The highest BCUT2D eigenvalue weighted by Crippen LogP contribution is 2.23. The molecule has 0 atom stereocenters. The van der Waals surface area contributed by atoms with Crippen LogP contribution >= 0.6 is 0 Å².